The Labute approximate surface area is 179 Å². The van der Waals surface area contributed by atoms with Crippen LogP contribution < -0.4 is 5.32 Å². The lowest BCUT2D eigenvalue weighted by Crippen LogP contribution is -2.31. The van der Waals surface area contributed by atoms with Crippen LogP contribution in [0.3, 0.4) is 0 Å². The molecule has 0 bridgehead atoms. The molecule has 158 valence electrons. The molecule has 0 unspecified atom stereocenters. The number of rotatable bonds is 6. The highest BCUT2D eigenvalue weighted by atomic mass is 32.2. The number of amides is 1. The molecule has 7 nitrogen and oxygen atoms in total. The maximum Gasteiger partial charge on any atom is 0.243 e. The van der Waals surface area contributed by atoms with Crippen molar-refractivity contribution in [3.05, 3.63) is 53.7 Å². The van der Waals surface area contributed by atoms with E-state index in [1.54, 1.807) is 40.9 Å². The minimum atomic E-state index is -3.49. The number of nitrogens with zero attached hydrogens (tertiary/aromatic N) is 2. The van der Waals surface area contributed by atoms with Crippen molar-refractivity contribution in [1.82, 2.24) is 9.29 Å². The van der Waals surface area contributed by atoms with Crippen molar-refractivity contribution in [2.75, 3.05) is 18.4 Å². The summed E-state index contributed by atoms with van der Waals surface area (Å²) >= 11 is 1.42. The molecular weight excluding hydrogens is 422 g/mol. The Kier molecular flexibility index (Phi) is 6.31. The summed E-state index contributed by atoms with van der Waals surface area (Å²) < 4.78 is 32.6. The van der Waals surface area contributed by atoms with E-state index < -0.39 is 10.0 Å². The van der Waals surface area contributed by atoms with Gasteiger partial charge in [0.25, 0.3) is 0 Å². The first kappa shape index (κ1) is 20.8. The van der Waals surface area contributed by atoms with Gasteiger partial charge in [-0.1, -0.05) is 12.8 Å². The van der Waals surface area contributed by atoms with Crippen LogP contribution in [0.25, 0.3) is 10.8 Å². The largest absolute Gasteiger partial charge is 0.462 e. The number of sulfonamides is 1. The van der Waals surface area contributed by atoms with E-state index in [1.807, 2.05) is 11.4 Å². The Morgan fingerprint density at radius 1 is 1.10 bits per heavy atom. The van der Waals surface area contributed by atoms with Gasteiger partial charge in [0.2, 0.25) is 15.9 Å². The number of aromatic nitrogens is 1. The molecule has 1 saturated heterocycles. The Bertz CT molecular complexity index is 1080. The average Bonchev–Trinajstić information content (AvgIpc) is 3.34. The molecular formula is C21H23N3O4S2. The summed E-state index contributed by atoms with van der Waals surface area (Å²) in [5, 5.41) is 5.35. The summed E-state index contributed by atoms with van der Waals surface area (Å²) in [5.41, 5.74) is 1.21. The lowest BCUT2D eigenvalue weighted by molar-refractivity contribution is -0.115. The van der Waals surface area contributed by atoms with E-state index in [4.69, 9.17) is 4.42 Å². The Morgan fingerprint density at radius 2 is 1.83 bits per heavy atom. The maximum atomic E-state index is 12.8. The molecule has 1 aliphatic rings. The molecule has 2 aromatic heterocycles. The number of nitrogens with one attached hydrogen (secondary N) is 1. The zero-order valence-electron chi connectivity index (χ0n) is 16.4. The van der Waals surface area contributed by atoms with E-state index in [0.29, 0.717) is 30.2 Å². The second-order valence-corrected chi connectivity index (χ2v) is 9.98. The van der Waals surface area contributed by atoms with Crippen LogP contribution in [-0.2, 0) is 21.2 Å². The van der Waals surface area contributed by atoms with Crippen molar-refractivity contribution < 1.29 is 17.6 Å². The molecule has 0 spiro atoms. The summed E-state index contributed by atoms with van der Waals surface area (Å²) in [5.74, 6) is 0.460. The van der Waals surface area contributed by atoms with Gasteiger partial charge < -0.3 is 9.73 Å². The van der Waals surface area contributed by atoms with Crippen LogP contribution in [0.5, 0.6) is 0 Å². The van der Waals surface area contributed by atoms with Gasteiger partial charge in [-0.05, 0) is 49.2 Å². The molecule has 3 heterocycles. The van der Waals surface area contributed by atoms with E-state index in [0.717, 1.165) is 30.7 Å². The number of furan rings is 1. The lowest BCUT2D eigenvalue weighted by Gasteiger charge is -2.20. The third kappa shape index (κ3) is 4.80. The van der Waals surface area contributed by atoms with Crippen molar-refractivity contribution in [2.24, 2.45) is 0 Å². The van der Waals surface area contributed by atoms with Crippen molar-refractivity contribution in [3.8, 4) is 10.8 Å². The number of carbonyl (C=O) groups is 1. The highest BCUT2D eigenvalue weighted by Gasteiger charge is 2.25. The monoisotopic (exact) mass is 445 g/mol. The van der Waals surface area contributed by atoms with Gasteiger partial charge in [-0.2, -0.15) is 4.31 Å². The third-order valence-corrected chi connectivity index (χ3v) is 7.78. The van der Waals surface area contributed by atoms with E-state index >= 15 is 0 Å². The van der Waals surface area contributed by atoms with Crippen LogP contribution in [0.1, 0.15) is 31.4 Å². The number of carbonyl (C=O) groups excluding carboxylic acids is 1. The molecule has 3 aromatic rings. The second kappa shape index (κ2) is 9.11. The van der Waals surface area contributed by atoms with Crippen molar-refractivity contribution in [3.63, 3.8) is 0 Å². The first-order valence-corrected chi connectivity index (χ1v) is 12.2. The highest BCUT2D eigenvalue weighted by molar-refractivity contribution is 7.89. The minimum Gasteiger partial charge on any atom is -0.462 e. The first-order valence-electron chi connectivity index (χ1n) is 9.91. The van der Waals surface area contributed by atoms with Crippen LogP contribution >= 0.6 is 11.3 Å². The normalized spacial score (nSPS) is 15.6. The maximum absolute atomic E-state index is 12.8. The summed E-state index contributed by atoms with van der Waals surface area (Å²) in [4.78, 5) is 17.0. The van der Waals surface area contributed by atoms with E-state index in [-0.39, 0.29) is 17.2 Å². The second-order valence-electron chi connectivity index (χ2n) is 7.19. The number of hydrogen-bond acceptors (Lipinski definition) is 6. The zero-order chi connectivity index (χ0) is 21.0. The lowest BCUT2D eigenvalue weighted by atomic mass is 10.2. The van der Waals surface area contributed by atoms with Crippen LogP contribution in [0, 0.1) is 0 Å². The molecule has 0 saturated carbocycles. The quantitative estimate of drug-likeness (QED) is 0.615. The summed E-state index contributed by atoms with van der Waals surface area (Å²) in [6, 6.07) is 9.96. The number of anilines is 1. The Hall–Kier alpha value is -2.49. The fraction of sp³-hybridized carbons (Fsp3) is 0.333. The predicted octanol–water partition coefficient (Wildman–Crippen LogP) is 4.15. The van der Waals surface area contributed by atoms with Crippen LogP contribution in [0.2, 0.25) is 0 Å². The number of benzene rings is 1. The van der Waals surface area contributed by atoms with Gasteiger partial charge in [0.1, 0.15) is 0 Å². The van der Waals surface area contributed by atoms with Gasteiger partial charge in [-0.15, -0.1) is 11.3 Å². The summed E-state index contributed by atoms with van der Waals surface area (Å²) in [6.45, 7) is 1.13. The molecule has 0 atom stereocenters. The predicted molar refractivity (Wildman–Crippen MR) is 116 cm³/mol. The zero-order valence-corrected chi connectivity index (χ0v) is 18.0. The minimum absolute atomic E-state index is 0.130. The molecule has 1 fully saturated rings. The summed E-state index contributed by atoms with van der Waals surface area (Å²) in [7, 11) is -3.49. The van der Waals surface area contributed by atoms with Crippen LogP contribution in [0.15, 0.2) is 57.4 Å². The SMILES string of the molecule is O=C(Cc1csc(-c2ccco2)n1)Nc1ccc(S(=O)(=O)N2CCCCCC2)cc1. The van der Waals surface area contributed by atoms with Gasteiger partial charge in [0.05, 0.1) is 23.3 Å². The van der Waals surface area contributed by atoms with E-state index in [2.05, 4.69) is 10.3 Å². The Morgan fingerprint density at radius 3 is 2.50 bits per heavy atom. The number of hydrogen-bond donors (Lipinski definition) is 1. The molecule has 0 radical (unpaired) electrons. The van der Waals surface area contributed by atoms with Crippen LogP contribution in [-0.4, -0.2) is 36.7 Å². The topological polar surface area (TPSA) is 92.5 Å². The van der Waals surface area contributed by atoms with Gasteiger partial charge in [-0.25, -0.2) is 13.4 Å². The fourth-order valence-electron chi connectivity index (χ4n) is 3.41. The molecule has 1 amide bonds. The summed E-state index contributed by atoms with van der Waals surface area (Å²) in [6.07, 6.45) is 5.64. The standard InChI is InChI=1S/C21H23N3O4S2/c25-20(14-17-15-29-21(23-17)19-6-5-13-28-19)22-16-7-9-18(10-8-16)30(26,27)24-11-3-1-2-4-12-24/h5-10,13,15H,1-4,11-12,14H2,(H,22,25). The smallest absolute Gasteiger partial charge is 0.243 e. The molecule has 9 heteroatoms. The van der Waals surface area contributed by atoms with Crippen LogP contribution in [0.4, 0.5) is 5.69 Å². The average molecular weight is 446 g/mol. The third-order valence-electron chi connectivity index (χ3n) is 4.97. The van der Waals surface area contributed by atoms with Gasteiger partial charge in [0.15, 0.2) is 10.8 Å². The van der Waals surface area contributed by atoms with Crippen molar-refractivity contribution >= 4 is 33.0 Å². The molecule has 0 aliphatic carbocycles. The van der Waals surface area contributed by atoms with E-state index in [1.165, 1.54) is 11.3 Å². The molecule has 1 aromatic carbocycles. The van der Waals surface area contributed by atoms with Gasteiger partial charge in [0, 0.05) is 24.2 Å². The van der Waals surface area contributed by atoms with Crippen molar-refractivity contribution in [2.45, 2.75) is 37.0 Å². The first-order chi connectivity index (χ1) is 14.5. The van der Waals surface area contributed by atoms with Gasteiger partial charge in [-0.3, -0.25) is 4.79 Å². The van der Waals surface area contributed by atoms with Crippen molar-refractivity contribution in [1.29, 1.82) is 0 Å². The Balaban J connectivity index is 1.38. The van der Waals surface area contributed by atoms with E-state index in [9.17, 15) is 13.2 Å². The highest BCUT2D eigenvalue weighted by Crippen LogP contribution is 2.25. The van der Waals surface area contributed by atoms with Gasteiger partial charge >= 0.3 is 0 Å². The number of thiazole rings is 1. The fourth-order valence-corrected chi connectivity index (χ4v) is 5.72. The molecule has 30 heavy (non-hydrogen) atoms. The molecule has 4 rings (SSSR count). The molecule has 1 aliphatic heterocycles. The molecule has 1 N–H and O–H groups in total.